The minimum atomic E-state index is -0.350. The fourth-order valence-corrected chi connectivity index (χ4v) is 2.16. The molecule has 0 N–H and O–H groups in total. The van der Waals surface area contributed by atoms with Crippen molar-refractivity contribution in [1.29, 1.82) is 0 Å². The summed E-state index contributed by atoms with van der Waals surface area (Å²) in [5.41, 5.74) is 0. The number of esters is 1. The molecule has 3 heteroatoms. The smallest absolute Gasteiger partial charge is 0.335 e. The first-order chi connectivity index (χ1) is 7.77. The molecule has 0 radical (unpaired) electrons. The lowest BCUT2D eigenvalue weighted by molar-refractivity contribution is -0.164. The lowest BCUT2D eigenvalue weighted by Crippen LogP contribution is -2.31. The van der Waals surface area contributed by atoms with Gasteiger partial charge in [-0.05, 0) is 39.0 Å². The van der Waals surface area contributed by atoms with Crippen LogP contribution in [0.1, 0.15) is 58.8 Å². The molecule has 0 aromatic heterocycles. The summed E-state index contributed by atoms with van der Waals surface area (Å²) in [5, 5.41) is 0. The molecule has 0 aromatic carbocycles. The number of ether oxygens (including phenoxy) is 2. The summed E-state index contributed by atoms with van der Waals surface area (Å²) in [6.45, 7) is 4.54. The molecule has 0 saturated heterocycles. The van der Waals surface area contributed by atoms with E-state index in [1.54, 1.807) is 0 Å². The van der Waals surface area contributed by atoms with Gasteiger partial charge in [-0.15, -0.1) is 0 Å². The molecular weight excluding hydrogens is 204 g/mol. The van der Waals surface area contributed by atoms with Crippen LogP contribution in [0.4, 0.5) is 0 Å². The van der Waals surface area contributed by atoms with E-state index in [2.05, 4.69) is 6.92 Å². The molecule has 3 nitrogen and oxygen atoms in total. The third kappa shape index (κ3) is 4.52. The van der Waals surface area contributed by atoms with Gasteiger partial charge in [-0.2, -0.15) is 0 Å². The van der Waals surface area contributed by atoms with Gasteiger partial charge >= 0.3 is 5.97 Å². The molecule has 0 aliphatic heterocycles. The van der Waals surface area contributed by atoms with Gasteiger partial charge in [0.2, 0.25) is 0 Å². The van der Waals surface area contributed by atoms with E-state index in [0.717, 1.165) is 25.7 Å². The largest absolute Gasteiger partial charge is 0.460 e. The molecule has 0 bridgehead atoms. The van der Waals surface area contributed by atoms with Crippen molar-refractivity contribution in [3.8, 4) is 0 Å². The molecular formula is C13H24O3. The Balaban J connectivity index is 2.34. The van der Waals surface area contributed by atoms with Crippen molar-refractivity contribution >= 4 is 5.97 Å². The number of rotatable bonds is 6. The third-order valence-corrected chi connectivity index (χ3v) is 3.02. The summed E-state index contributed by atoms with van der Waals surface area (Å²) in [7, 11) is 0. The molecule has 0 amide bonds. The van der Waals surface area contributed by atoms with Crippen molar-refractivity contribution in [1.82, 2.24) is 0 Å². The standard InChI is InChI=1S/C13H24O3/c1-3-8-12(15-4-2)13(14)16-11-9-6-5-7-10-11/h11-12H,3-10H2,1-2H3. The van der Waals surface area contributed by atoms with Gasteiger partial charge in [-0.3, -0.25) is 0 Å². The Labute approximate surface area is 98.5 Å². The summed E-state index contributed by atoms with van der Waals surface area (Å²) in [6.07, 6.45) is 7.20. The van der Waals surface area contributed by atoms with Gasteiger partial charge in [0.15, 0.2) is 6.10 Å². The summed E-state index contributed by atoms with van der Waals surface area (Å²) >= 11 is 0. The second-order valence-corrected chi connectivity index (χ2v) is 4.43. The van der Waals surface area contributed by atoms with Gasteiger partial charge in [0.25, 0.3) is 0 Å². The van der Waals surface area contributed by atoms with Crippen LogP contribution in [0.25, 0.3) is 0 Å². The first-order valence-corrected chi connectivity index (χ1v) is 6.60. The molecule has 1 aliphatic carbocycles. The van der Waals surface area contributed by atoms with Crippen molar-refractivity contribution in [3.05, 3.63) is 0 Å². The fourth-order valence-electron chi connectivity index (χ4n) is 2.16. The number of hydrogen-bond acceptors (Lipinski definition) is 3. The minimum absolute atomic E-state index is 0.140. The summed E-state index contributed by atoms with van der Waals surface area (Å²) < 4.78 is 10.9. The van der Waals surface area contributed by atoms with Gasteiger partial charge in [-0.1, -0.05) is 19.8 Å². The maximum absolute atomic E-state index is 11.8. The van der Waals surface area contributed by atoms with Gasteiger partial charge in [-0.25, -0.2) is 4.79 Å². The van der Waals surface area contributed by atoms with Crippen LogP contribution in [-0.2, 0) is 14.3 Å². The molecule has 16 heavy (non-hydrogen) atoms. The quantitative estimate of drug-likeness (QED) is 0.655. The van der Waals surface area contributed by atoms with Crippen molar-refractivity contribution < 1.29 is 14.3 Å². The highest BCUT2D eigenvalue weighted by atomic mass is 16.6. The molecule has 0 heterocycles. The Hall–Kier alpha value is -0.570. The zero-order chi connectivity index (χ0) is 11.8. The molecule has 1 saturated carbocycles. The van der Waals surface area contributed by atoms with Crippen LogP contribution < -0.4 is 0 Å². The zero-order valence-corrected chi connectivity index (χ0v) is 10.5. The van der Waals surface area contributed by atoms with Crippen LogP contribution in [0.15, 0.2) is 0 Å². The maximum atomic E-state index is 11.8. The second-order valence-electron chi connectivity index (χ2n) is 4.43. The summed E-state index contributed by atoms with van der Waals surface area (Å²) in [5.74, 6) is -0.157. The molecule has 1 aliphatic rings. The Morgan fingerprint density at radius 1 is 1.25 bits per heavy atom. The average Bonchev–Trinajstić information content (AvgIpc) is 2.30. The van der Waals surface area contributed by atoms with Crippen LogP contribution in [-0.4, -0.2) is 24.8 Å². The predicted molar refractivity (Wildman–Crippen MR) is 63.3 cm³/mol. The van der Waals surface area contributed by atoms with Crippen LogP contribution in [0, 0.1) is 0 Å². The van der Waals surface area contributed by atoms with Crippen molar-refractivity contribution in [3.63, 3.8) is 0 Å². The topological polar surface area (TPSA) is 35.5 Å². The molecule has 1 fully saturated rings. The van der Waals surface area contributed by atoms with E-state index in [4.69, 9.17) is 9.47 Å². The van der Waals surface area contributed by atoms with Gasteiger partial charge in [0.05, 0.1) is 0 Å². The first-order valence-electron chi connectivity index (χ1n) is 6.60. The number of hydrogen-bond donors (Lipinski definition) is 0. The van der Waals surface area contributed by atoms with Gasteiger partial charge in [0, 0.05) is 6.61 Å². The third-order valence-electron chi connectivity index (χ3n) is 3.02. The SMILES string of the molecule is CCCC(OCC)C(=O)OC1CCCCC1. The lowest BCUT2D eigenvalue weighted by Gasteiger charge is -2.24. The summed E-state index contributed by atoms with van der Waals surface area (Å²) in [6, 6.07) is 0. The Morgan fingerprint density at radius 2 is 1.94 bits per heavy atom. The average molecular weight is 228 g/mol. The number of carbonyl (C=O) groups excluding carboxylic acids is 1. The fraction of sp³-hybridized carbons (Fsp3) is 0.923. The Morgan fingerprint density at radius 3 is 2.50 bits per heavy atom. The summed E-state index contributed by atoms with van der Waals surface area (Å²) in [4.78, 5) is 11.8. The molecule has 0 spiro atoms. The van der Waals surface area contributed by atoms with Gasteiger partial charge < -0.3 is 9.47 Å². The molecule has 1 rings (SSSR count). The molecule has 0 aromatic rings. The molecule has 94 valence electrons. The van der Waals surface area contributed by atoms with Crippen molar-refractivity contribution in [2.45, 2.75) is 71.0 Å². The second kappa shape index (κ2) is 7.66. The normalized spacial score (nSPS) is 19.4. The van der Waals surface area contributed by atoms with E-state index in [1.165, 1.54) is 19.3 Å². The van der Waals surface area contributed by atoms with E-state index in [9.17, 15) is 4.79 Å². The van der Waals surface area contributed by atoms with E-state index < -0.39 is 0 Å². The highest BCUT2D eigenvalue weighted by molar-refractivity contribution is 5.74. The number of carbonyl (C=O) groups is 1. The Bertz CT molecular complexity index is 191. The van der Waals surface area contributed by atoms with Crippen molar-refractivity contribution in [2.75, 3.05) is 6.61 Å². The highest BCUT2D eigenvalue weighted by Gasteiger charge is 2.24. The lowest BCUT2D eigenvalue weighted by atomic mass is 9.98. The first kappa shape index (κ1) is 13.5. The van der Waals surface area contributed by atoms with Crippen LogP contribution in [0.3, 0.4) is 0 Å². The van der Waals surface area contributed by atoms with E-state index in [0.29, 0.717) is 6.61 Å². The van der Waals surface area contributed by atoms with E-state index >= 15 is 0 Å². The van der Waals surface area contributed by atoms with Crippen LogP contribution in [0.5, 0.6) is 0 Å². The minimum Gasteiger partial charge on any atom is -0.460 e. The zero-order valence-electron chi connectivity index (χ0n) is 10.5. The van der Waals surface area contributed by atoms with Crippen molar-refractivity contribution in [2.24, 2.45) is 0 Å². The van der Waals surface area contributed by atoms with Crippen LogP contribution in [0.2, 0.25) is 0 Å². The molecule has 1 unspecified atom stereocenters. The Kier molecular flexibility index (Phi) is 6.46. The maximum Gasteiger partial charge on any atom is 0.335 e. The predicted octanol–water partition coefficient (Wildman–Crippen LogP) is 3.07. The highest BCUT2D eigenvalue weighted by Crippen LogP contribution is 2.21. The van der Waals surface area contributed by atoms with Crippen LogP contribution >= 0.6 is 0 Å². The molecule has 1 atom stereocenters. The van der Waals surface area contributed by atoms with E-state index in [1.807, 2.05) is 6.92 Å². The monoisotopic (exact) mass is 228 g/mol. The van der Waals surface area contributed by atoms with Gasteiger partial charge in [0.1, 0.15) is 6.10 Å². The van der Waals surface area contributed by atoms with E-state index in [-0.39, 0.29) is 18.2 Å².